The van der Waals surface area contributed by atoms with Crippen molar-refractivity contribution in [2.75, 3.05) is 46.9 Å². The lowest BCUT2D eigenvalue weighted by molar-refractivity contribution is -0.152. The molecular weight excluding hydrogens is 925 g/mol. The van der Waals surface area contributed by atoms with Crippen LogP contribution in [0.5, 0.6) is 0 Å². The topological polar surface area (TPSA) is 112 Å². The maximum Gasteiger partial charge on any atom is 0.307 e. The second-order valence-corrected chi connectivity index (χ2v) is 22.5. The number of nitrogens with zero attached hydrogens (tertiary/aromatic N) is 2. The molecule has 10 heteroatoms. The molecule has 0 heterocycles. The quantitative estimate of drug-likeness (QED) is 0.0332. The van der Waals surface area contributed by atoms with Crippen molar-refractivity contribution in [2.24, 2.45) is 0 Å². The fourth-order valence-electron chi connectivity index (χ4n) is 10.2. The van der Waals surface area contributed by atoms with E-state index in [4.69, 9.17) is 18.9 Å². The third-order valence-corrected chi connectivity index (χ3v) is 15.0. The zero-order chi connectivity index (χ0) is 54.4. The van der Waals surface area contributed by atoms with Gasteiger partial charge in [0.15, 0.2) is 0 Å². The second-order valence-electron chi connectivity index (χ2n) is 22.5. The first-order chi connectivity index (χ1) is 36.1. The zero-order valence-electron chi connectivity index (χ0n) is 50.2. The molecule has 438 valence electrons. The van der Waals surface area contributed by atoms with E-state index in [0.717, 1.165) is 154 Å². The van der Waals surface area contributed by atoms with E-state index in [1.165, 1.54) is 122 Å². The predicted octanol–water partition coefficient (Wildman–Crippen LogP) is 17.8. The van der Waals surface area contributed by atoms with Crippen LogP contribution in [0.1, 0.15) is 324 Å². The van der Waals surface area contributed by atoms with E-state index < -0.39 is 0 Å². The number of carbonyl (C=O) groups is 4. The molecular formula is C64H124N2O8. The van der Waals surface area contributed by atoms with Crippen molar-refractivity contribution >= 4 is 23.9 Å². The number of rotatable bonds is 58. The van der Waals surface area contributed by atoms with Gasteiger partial charge in [0.25, 0.3) is 0 Å². The normalized spacial score (nSPS) is 11.7. The van der Waals surface area contributed by atoms with Gasteiger partial charge in [-0.2, -0.15) is 0 Å². The summed E-state index contributed by atoms with van der Waals surface area (Å²) in [5.74, 6) is -0.449. The summed E-state index contributed by atoms with van der Waals surface area (Å²) in [6.45, 7) is 14.0. The molecule has 0 rings (SSSR count). The first kappa shape index (κ1) is 71.8. The van der Waals surface area contributed by atoms with E-state index in [-0.39, 0.29) is 49.3 Å². The van der Waals surface area contributed by atoms with Crippen molar-refractivity contribution in [3.63, 3.8) is 0 Å². The Morgan fingerprint density at radius 3 is 0.973 bits per heavy atom. The summed E-state index contributed by atoms with van der Waals surface area (Å²) in [5, 5.41) is 0. The first-order valence-corrected chi connectivity index (χ1v) is 32.2. The van der Waals surface area contributed by atoms with Crippen LogP contribution in [0.4, 0.5) is 0 Å². The molecule has 0 radical (unpaired) electrons. The van der Waals surface area contributed by atoms with Gasteiger partial charge in [0, 0.05) is 31.8 Å². The number of carbonyl (C=O) groups excluding carboxylic acids is 4. The van der Waals surface area contributed by atoms with E-state index in [0.29, 0.717) is 38.3 Å². The van der Waals surface area contributed by atoms with Crippen LogP contribution in [0, 0.1) is 0 Å². The maximum absolute atomic E-state index is 13.1. The molecule has 0 bridgehead atoms. The molecule has 0 aliphatic rings. The highest BCUT2D eigenvalue weighted by molar-refractivity contribution is 5.70. The third-order valence-electron chi connectivity index (χ3n) is 15.0. The van der Waals surface area contributed by atoms with E-state index in [1.54, 1.807) is 0 Å². The molecule has 0 atom stereocenters. The van der Waals surface area contributed by atoms with Gasteiger partial charge in [-0.1, -0.05) is 208 Å². The van der Waals surface area contributed by atoms with Crippen molar-refractivity contribution in [3.8, 4) is 0 Å². The van der Waals surface area contributed by atoms with Crippen LogP contribution in [0.25, 0.3) is 0 Å². The molecule has 10 nitrogen and oxygen atoms in total. The van der Waals surface area contributed by atoms with Crippen molar-refractivity contribution in [1.29, 1.82) is 0 Å². The molecule has 0 aromatic carbocycles. The van der Waals surface area contributed by atoms with Gasteiger partial charge in [-0.3, -0.25) is 24.1 Å². The van der Waals surface area contributed by atoms with Crippen LogP contribution in [-0.2, 0) is 38.1 Å². The predicted molar refractivity (Wildman–Crippen MR) is 312 cm³/mol. The lowest BCUT2D eigenvalue weighted by Crippen LogP contribution is -2.39. The van der Waals surface area contributed by atoms with E-state index in [1.807, 2.05) is 0 Å². The number of ether oxygens (including phenoxy) is 4. The SMILES string of the molecule is CCCCCCCCC(=O)OCCOC(=O)CCN(CCCN(C)C)C(CCCCCCCCC(=O)OC(CCCCCC)CCCCCC)CCCCCCCCC(=O)OC(CCCCCC)CCCCCC. The van der Waals surface area contributed by atoms with Crippen molar-refractivity contribution in [3.05, 3.63) is 0 Å². The van der Waals surface area contributed by atoms with E-state index in [2.05, 4.69) is 58.5 Å². The molecule has 0 saturated carbocycles. The van der Waals surface area contributed by atoms with E-state index in [9.17, 15) is 19.2 Å². The molecule has 0 amide bonds. The highest BCUT2D eigenvalue weighted by Crippen LogP contribution is 2.23. The average molecular weight is 1050 g/mol. The van der Waals surface area contributed by atoms with Crippen molar-refractivity contribution in [2.45, 2.75) is 342 Å². The Labute approximate surface area is 458 Å². The van der Waals surface area contributed by atoms with Crippen LogP contribution in [0.15, 0.2) is 0 Å². The van der Waals surface area contributed by atoms with Gasteiger partial charge >= 0.3 is 23.9 Å². The molecule has 0 aromatic rings. The summed E-state index contributed by atoms with van der Waals surface area (Å²) in [6, 6.07) is 0.395. The maximum atomic E-state index is 13.1. The van der Waals surface area contributed by atoms with Crippen LogP contribution < -0.4 is 0 Å². The molecule has 0 unspecified atom stereocenters. The summed E-state index contributed by atoms with van der Waals surface area (Å²) < 4.78 is 23.0. The van der Waals surface area contributed by atoms with Gasteiger partial charge in [-0.05, 0) is 117 Å². The van der Waals surface area contributed by atoms with Crippen molar-refractivity contribution < 1.29 is 38.1 Å². The molecule has 0 aromatic heterocycles. The zero-order valence-corrected chi connectivity index (χ0v) is 50.2. The Bertz CT molecular complexity index is 1170. The fourth-order valence-corrected chi connectivity index (χ4v) is 10.2. The van der Waals surface area contributed by atoms with Crippen molar-refractivity contribution in [1.82, 2.24) is 9.80 Å². The lowest BCUT2D eigenvalue weighted by atomic mass is 9.98. The number of esters is 4. The summed E-state index contributed by atoms with van der Waals surface area (Å²) in [5.41, 5.74) is 0. The monoisotopic (exact) mass is 1050 g/mol. The second kappa shape index (κ2) is 55.6. The Morgan fingerprint density at radius 2 is 0.608 bits per heavy atom. The van der Waals surface area contributed by atoms with Crippen LogP contribution in [0.3, 0.4) is 0 Å². The Hall–Kier alpha value is -2.20. The Morgan fingerprint density at radius 1 is 0.311 bits per heavy atom. The van der Waals surface area contributed by atoms with E-state index >= 15 is 0 Å². The molecule has 0 saturated heterocycles. The molecule has 0 aliphatic heterocycles. The van der Waals surface area contributed by atoms with Gasteiger partial charge in [-0.25, -0.2) is 0 Å². The highest BCUT2D eigenvalue weighted by Gasteiger charge is 2.21. The summed E-state index contributed by atoms with van der Waals surface area (Å²) in [7, 11) is 4.24. The standard InChI is InChI=1S/C64H124N2O8/c1-8-13-18-23-30-39-49-61(67)71-56-57-72-62(68)52-55-66(54-42-53-65(6)7)58(43-33-28-24-26-31-40-50-63(69)73-59(45-35-19-14-9-2)46-36-20-15-10-3)44-34-29-25-27-32-41-51-64(70)74-60(47-37-21-16-11-4)48-38-22-17-12-5/h58-60H,8-57H2,1-7H3. The third kappa shape index (κ3) is 49.4. The van der Waals surface area contributed by atoms with Crippen LogP contribution >= 0.6 is 0 Å². The number of hydrogen-bond acceptors (Lipinski definition) is 10. The lowest BCUT2D eigenvalue weighted by Gasteiger charge is -2.32. The Balaban J connectivity index is 5.25. The average Bonchev–Trinajstić information content (AvgIpc) is 3.38. The first-order valence-electron chi connectivity index (χ1n) is 32.2. The molecule has 0 fully saturated rings. The van der Waals surface area contributed by atoms with Gasteiger partial charge in [0.05, 0.1) is 6.42 Å². The van der Waals surface area contributed by atoms with Crippen LogP contribution in [0.2, 0.25) is 0 Å². The van der Waals surface area contributed by atoms with Gasteiger partial charge in [-0.15, -0.1) is 0 Å². The minimum absolute atomic E-state index is 0.00528. The summed E-state index contributed by atoms with van der Waals surface area (Å²) in [6.07, 6.45) is 48.6. The number of unbranched alkanes of at least 4 members (excludes halogenated alkanes) is 27. The molecule has 0 N–H and O–H groups in total. The smallest absolute Gasteiger partial charge is 0.307 e. The largest absolute Gasteiger partial charge is 0.462 e. The van der Waals surface area contributed by atoms with Crippen LogP contribution in [-0.4, -0.2) is 98.9 Å². The minimum Gasteiger partial charge on any atom is -0.462 e. The van der Waals surface area contributed by atoms with Gasteiger partial charge in [0.1, 0.15) is 25.4 Å². The molecule has 0 aliphatic carbocycles. The fraction of sp³-hybridized carbons (Fsp3) is 0.938. The highest BCUT2D eigenvalue weighted by atomic mass is 16.6. The summed E-state index contributed by atoms with van der Waals surface area (Å²) in [4.78, 5) is 55.9. The van der Waals surface area contributed by atoms with Gasteiger partial charge in [0.2, 0.25) is 0 Å². The van der Waals surface area contributed by atoms with Gasteiger partial charge < -0.3 is 23.8 Å². The number of hydrogen-bond donors (Lipinski definition) is 0. The Kier molecular flexibility index (Phi) is 53.9. The molecule has 0 spiro atoms. The molecule has 74 heavy (non-hydrogen) atoms. The summed E-state index contributed by atoms with van der Waals surface area (Å²) >= 11 is 0. The minimum atomic E-state index is -0.231.